The molecule has 25 heavy (non-hydrogen) atoms. The van der Waals surface area contributed by atoms with Crippen molar-refractivity contribution in [3.63, 3.8) is 0 Å². The molecule has 1 heterocycles. The van der Waals surface area contributed by atoms with Crippen molar-refractivity contribution in [2.24, 2.45) is 10.9 Å². The molecule has 138 valence electrons. The first-order chi connectivity index (χ1) is 12.2. The molecule has 2 fully saturated rings. The number of nitrogens with one attached hydrogen (secondary N) is 2. The highest BCUT2D eigenvalue weighted by molar-refractivity contribution is 5.79. The number of aliphatic imine (C=N–C) groups is 1. The zero-order chi connectivity index (χ0) is 17.5. The fourth-order valence-corrected chi connectivity index (χ4v) is 3.25. The van der Waals surface area contributed by atoms with E-state index in [2.05, 4.69) is 56.7 Å². The van der Waals surface area contributed by atoms with Gasteiger partial charge in [-0.2, -0.15) is 0 Å². The lowest BCUT2D eigenvalue weighted by molar-refractivity contribution is 0.269. The van der Waals surface area contributed by atoms with Crippen LogP contribution in [0.1, 0.15) is 30.4 Å². The zero-order valence-electron chi connectivity index (χ0n) is 15.8. The van der Waals surface area contributed by atoms with E-state index in [-0.39, 0.29) is 0 Å². The second-order valence-electron chi connectivity index (χ2n) is 7.50. The van der Waals surface area contributed by atoms with Gasteiger partial charge in [-0.15, -0.1) is 0 Å². The van der Waals surface area contributed by atoms with E-state index in [0.29, 0.717) is 0 Å². The van der Waals surface area contributed by atoms with Crippen LogP contribution < -0.4 is 10.6 Å². The molecule has 1 aliphatic carbocycles. The highest BCUT2D eigenvalue weighted by atomic mass is 15.2. The Balaban J connectivity index is 1.43. The molecule has 0 bridgehead atoms. The van der Waals surface area contributed by atoms with Crippen molar-refractivity contribution in [1.82, 2.24) is 20.4 Å². The summed E-state index contributed by atoms with van der Waals surface area (Å²) in [6, 6.07) is 9.01. The number of hydrogen-bond acceptors (Lipinski definition) is 3. The third-order valence-corrected chi connectivity index (χ3v) is 5.18. The molecule has 1 saturated heterocycles. The Morgan fingerprint density at radius 2 is 1.80 bits per heavy atom. The van der Waals surface area contributed by atoms with Gasteiger partial charge in [-0.25, -0.2) is 0 Å². The van der Waals surface area contributed by atoms with Gasteiger partial charge in [0.1, 0.15) is 0 Å². The van der Waals surface area contributed by atoms with Gasteiger partial charge in [-0.1, -0.05) is 24.3 Å². The van der Waals surface area contributed by atoms with Crippen LogP contribution in [-0.2, 0) is 13.1 Å². The fraction of sp³-hybridized carbons (Fsp3) is 0.650. The lowest BCUT2D eigenvalue weighted by Crippen LogP contribution is -2.37. The predicted molar refractivity (Wildman–Crippen MR) is 105 cm³/mol. The summed E-state index contributed by atoms with van der Waals surface area (Å²) >= 11 is 0. The lowest BCUT2D eigenvalue weighted by atomic mass is 10.1. The third kappa shape index (κ3) is 6.33. The molecule has 0 atom stereocenters. The summed E-state index contributed by atoms with van der Waals surface area (Å²) in [4.78, 5) is 9.30. The van der Waals surface area contributed by atoms with Crippen LogP contribution in [0.4, 0.5) is 0 Å². The molecular formula is C20H33N5. The van der Waals surface area contributed by atoms with Crippen molar-refractivity contribution >= 4 is 5.96 Å². The second kappa shape index (κ2) is 9.20. The number of hydrogen-bond donors (Lipinski definition) is 2. The van der Waals surface area contributed by atoms with E-state index < -0.39 is 0 Å². The zero-order valence-corrected chi connectivity index (χ0v) is 15.8. The first kappa shape index (κ1) is 18.2. The van der Waals surface area contributed by atoms with Gasteiger partial charge in [0.05, 0.1) is 0 Å². The maximum Gasteiger partial charge on any atom is 0.191 e. The Morgan fingerprint density at radius 3 is 2.52 bits per heavy atom. The molecule has 1 saturated carbocycles. The monoisotopic (exact) mass is 343 g/mol. The van der Waals surface area contributed by atoms with Crippen LogP contribution in [0.5, 0.6) is 0 Å². The van der Waals surface area contributed by atoms with Gasteiger partial charge in [-0.3, -0.25) is 9.89 Å². The predicted octanol–water partition coefficient (Wildman–Crippen LogP) is 1.90. The van der Waals surface area contributed by atoms with Crippen molar-refractivity contribution in [1.29, 1.82) is 0 Å². The van der Waals surface area contributed by atoms with Gasteiger partial charge in [0.2, 0.25) is 0 Å². The molecular weight excluding hydrogens is 310 g/mol. The summed E-state index contributed by atoms with van der Waals surface area (Å²) in [5.74, 6) is 1.77. The Labute approximate surface area is 152 Å². The minimum atomic E-state index is 0.819. The molecule has 1 aliphatic heterocycles. The van der Waals surface area contributed by atoms with E-state index in [1.165, 1.54) is 56.6 Å². The summed E-state index contributed by atoms with van der Waals surface area (Å²) in [6.07, 6.45) is 3.99. The Bertz CT molecular complexity index is 550. The highest BCUT2D eigenvalue weighted by Crippen LogP contribution is 2.27. The largest absolute Gasteiger partial charge is 0.356 e. The first-order valence-corrected chi connectivity index (χ1v) is 9.66. The topological polar surface area (TPSA) is 42.9 Å². The molecule has 2 aliphatic rings. The highest BCUT2D eigenvalue weighted by Gasteiger charge is 2.21. The number of rotatable bonds is 6. The van der Waals surface area contributed by atoms with Crippen LogP contribution in [0.15, 0.2) is 29.3 Å². The number of nitrogens with zero attached hydrogens (tertiary/aromatic N) is 3. The molecule has 1 aromatic carbocycles. The lowest BCUT2D eigenvalue weighted by Gasteiger charge is -2.20. The van der Waals surface area contributed by atoms with Crippen LogP contribution in [0.2, 0.25) is 0 Å². The quantitative estimate of drug-likeness (QED) is 0.612. The van der Waals surface area contributed by atoms with E-state index in [0.717, 1.165) is 31.5 Å². The Kier molecular flexibility index (Phi) is 6.70. The van der Waals surface area contributed by atoms with Gasteiger partial charge >= 0.3 is 0 Å². The normalized spacial score (nSPS) is 20.3. The smallest absolute Gasteiger partial charge is 0.191 e. The maximum absolute atomic E-state index is 4.30. The van der Waals surface area contributed by atoms with E-state index in [1.54, 1.807) is 0 Å². The summed E-state index contributed by atoms with van der Waals surface area (Å²) in [7, 11) is 4.06. The van der Waals surface area contributed by atoms with Gasteiger partial charge in [0.25, 0.3) is 0 Å². The molecule has 0 unspecified atom stereocenters. The molecule has 1 aromatic rings. The average Bonchev–Trinajstić information content (AvgIpc) is 3.46. The molecule has 3 rings (SSSR count). The van der Waals surface area contributed by atoms with Crippen molar-refractivity contribution in [3.8, 4) is 0 Å². The standard InChI is InChI=1S/C20H33N5/c1-21-20(22-14-17-4-5-17)23-15-18-6-8-19(9-7-18)16-25-11-3-10-24(2)12-13-25/h6-9,17H,3-5,10-16H2,1-2H3,(H2,21,22,23). The van der Waals surface area contributed by atoms with Crippen molar-refractivity contribution in [2.75, 3.05) is 46.8 Å². The molecule has 0 spiro atoms. The molecule has 2 N–H and O–H groups in total. The maximum atomic E-state index is 4.30. The van der Waals surface area contributed by atoms with E-state index in [9.17, 15) is 0 Å². The van der Waals surface area contributed by atoms with Crippen LogP contribution in [0.25, 0.3) is 0 Å². The van der Waals surface area contributed by atoms with E-state index in [1.807, 2.05) is 7.05 Å². The van der Waals surface area contributed by atoms with Crippen molar-refractivity contribution in [3.05, 3.63) is 35.4 Å². The molecule has 0 amide bonds. The average molecular weight is 344 g/mol. The molecule has 5 heteroatoms. The SMILES string of the molecule is CN=C(NCc1ccc(CN2CCCN(C)CC2)cc1)NCC1CC1. The molecule has 5 nitrogen and oxygen atoms in total. The van der Waals surface area contributed by atoms with Crippen LogP contribution in [0.3, 0.4) is 0 Å². The van der Waals surface area contributed by atoms with Crippen LogP contribution in [-0.4, -0.2) is 62.6 Å². The summed E-state index contributed by atoms with van der Waals surface area (Å²) in [5, 5.41) is 6.81. The van der Waals surface area contributed by atoms with Crippen molar-refractivity contribution in [2.45, 2.75) is 32.4 Å². The van der Waals surface area contributed by atoms with Crippen LogP contribution >= 0.6 is 0 Å². The number of guanidine groups is 1. The van der Waals surface area contributed by atoms with Gasteiger partial charge in [0, 0.05) is 39.8 Å². The minimum absolute atomic E-state index is 0.819. The van der Waals surface area contributed by atoms with Gasteiger partial charge < -0.3 is 15.5 Å². The summed E-state index contributed by atoms with van der Waals surface area (Å²) < 4.78 is 0. The Morgan fingerprint density at radius 1 is 1.04 bits per heavy atom. The molecule has 0 radical (unpaired) electrons. The third-order valence-electron chi connectivity index (χ3n) is 5.18. The van der Waals surface area contributed by atoms with E-state index >= 15 is 0 Å². The first-order valence-electron chi connectivity index (χ1n) is 9.66. The van der Waals surface area contributed by atoms with Gasteiger partial charge in [0.15, 0.2) is 5.96 Å². The number of likely N-dealkylation sites (N-methyl/N-ethyl adjacent to an activating group) is 1. The van der Waals surface area contributed by atoms with Crippen LogP contribution in [0, 0.1) is 5.92 Å². The number of benzene rings is 1. The van der Waals surface area contributed by atoms with Crippen molar-refractivity contribution < 1.29 is 0 Å². The summed E-state index contributed by atoms with van der Waals surface area (Å²) in [5.41, 5.74) is 2.71. The fourth-order valence-electron chi connectivity index (χ4n) is 3.25. The minimum Gasteiger partial charge on any atom is -0.356 e. The van der Waals surface area contributed by atoms with E-state index in [4.69, 9.17) is 0 Å². The Hall–Kier alpha value is -1.59. The molecule has 0 aromatic heterocycles. The van der Waals surface area contributed by atoms with Gasteiger partial charge in [-0.05, 0) is 56.4 Å². The second-order valence-corrected chi connectivity index (χ2v) is 7.50. The summed E-state index contributed by atoms with van der Waals surface area (Å²) in [6.45, 7) is 7.69.